The molecule has 1 fully saturated rings. The monoisotopic (exact) mass is 392 g/mol. The van der Waals surface area contributed by atoms with Gasteiger partial charge in [0.15, 0.2) is 0 Å². The summed E-state index contributed by atoms with van der Waals surface area (Å²) in [5.41, 5.74) is 2.35. The van der Waals surface area contributed by atoms with Crippen LogP contribution in [0.25, 0.3) is 0 Å². The van der Waals surface area contributed by atoms with Crippen molar-refractivity contribution in [2.24, 2.45) is 0 Å². The number of ether oxygens (including phenoxy) is 2. The number of rotatable bonds is 6. The minimum atomic E-state index is -0.664. The number of nitrogens with zero attached hydrogens (tertiary/aromatic N) is 1. The van der Waals surface area contributed by atoms with Gasteiger partial charge in [0.05, 0.1) is 22.8 Å². The Morgan fingerprint density at radius 3 is 2.69 bits per heavy atom. The van der Waals surface area contributed by atoms with Crippen LogP contribution in [0, 0.1) is 18.3 Å². The molecule has 0 bridgehead atoms. The smallest absolute Gasteiger partial charge is 0.235 e. The third kappa shape index (κ3) is 4.60. The molecule has 5 nitrogen and oxygen atoms in total. The van der Waals surface area contributed by atoms with Gasteiger partial charge in [-0.25, -0.2) is 0 Å². The van der Waals surface area contributed by atoms with Gasteiger partial charge in [-0.3, -0.25) is 4.79 Å². The van der Waals surface area contributed by atoms with Crippen molar-refractivity contribution in [1.29, 1.82) is 5.26 Å². The van der Waals surface area contributed by atoms with Crippen LogP contribution in [-0.4, -0.2) is 25.2 Å². The maximum atomic E-state index is 13.5. The molecule has 1 aliphatic heterocycles. The van der Waals surface area contributed by atoms with Gasteiger partial charge in [0.1, 0.15) is 11.8 Å². The number of aryl methyl sites for hydroxylation is 1. The standard InChI is InChI=1S/C24H28N2O3/c1-4-18(3)29-21-8-9-22(19(15-21)16-25)26-23(27)24(10-12-28-13-11-24)20-7-5-6-17(2)14-20/h5-9,14-15,18H,4,10-13H2,1-3H3,(H,26,27)/t18-/m1/s1. The van der Waals surface area contributed by atoms with Crippen LogP contribution in [0.2, 0.25) is 0 Å². The molecule has 0 saturated carbocycles. The van der Waals surface area contributed by atoms with E-state index in [1.54, 1.807) is 18.2 Å². The van der Waals surface area contributed by atoms with Crippen LogP contribution in [0.4, 0.5) is 5.69 Å². The van der Waals surface area contributed by atoms with E-state index in [0.29, 0.717) is 43.1 Å². The highest BCUT2D eigenvalue weighted by atomic mass is 16.5. The molecule has 1 N–H and O–H groups in total. The van der Waals surface area contributed by atoms with E-state index < -0.39 is 5.41 Å². The molecule has 1 saturated heterocycles. The quantitative estimate of drug-likeness (QED) is 0.771. The van der Waals surface area contributed by atoms with Gasteiger partial charge in [-0.15, -0.1) is 0 Å². The van der Waals surface area contributed by atoms with Gasteiger partial charge in [0.2, 0.25) is 5.91 Å². The molecule has 1 amide bonds. The zero-order valence-electron chi connectivity index (χ0n) is 17.3. The summed E-state index contributed by atoms with van der Waals surface area (Å²) in [4.78, 5) is 13.5. The molecule has 0 radical (unpaired) electrons. The predicted octanol–water partition coefficient (Wildman–Crippen LogP) is 4.73. The van der Waals surface area contributed by atoms with Crippen molar-refractivity contribution in [2.45, 2.75) is 51.6 Å². The topological polar surface area (TPSA) is 71.3 Å². The van der Waals surface area contributed by atoms with E-state index in [1.165, 1.54) is 0 Å². The molecule has 0 spiro atoms. The van der Waals surface area contributed by atoms with Crippen molar-refractivity contribution in [1.82, 2.24) is 0 Å². The zero-order chi connectivity index (χ0) is 20.9. The van der Waals surface area contributed by atoms with Crippen molar-refractivity contribution in [2.75, 3.05) is 18.5 Å². The number of hydrogen-bond donors (Lipinski definition) is 1. The van der Waals surface area contributed by atoms with Crippen molar-refractivity contribution < 1.29 is 14.3 Å². The minimum absolute atomic E-state index is 0.0637. The Morgan fingerprint density at radius 2 is 2.03 bits per heavy atom. The van der Waals surface area contributed by atoms with E-state index in [-0.39, 0.29) is 12.0 Å². The second kappa shape index (κ2) is 9.11. The van der Waals surface area contributed by atoms with Crippen LogP contribution in [0.5, 0.6) is 5.75 Å². The predicted molar refractivity (Wildman–Crippen MR) is 113 cm³/mol. The fourth-order valence-electron chi connectivity index (χ4n) is 3.67. The van der Waals surface area contributed by atoms with E-state index in [0.717, 1.165) is 17.5 Å². The highest BCUT2D eigenvalue weighted by molar-refractivity contribution is 6.00. The lowest BCUT2D eigenvalue weighted by atomic mass is 9.73. The molecular weight excluding hydrogens is 364 g/mol. The minimum Gasteiger partial charge on any atom is -0.491 e. The first-order chi connectivity index (χ1) is 14.0. The van der Waals surface area contributed by atoms with E-state index >= 15 is 0 Å². The van der Waals surface area contributed by atoms with E-state index in [1.807, 2.05) is 39.0 Å². The lowest BCUT2D eigenvalue weighted by molar-refractivity contribution is -0.125. The van der Waals surface area contributed by atoms with Crippen molar-refractivity contribution in [3.63, 3.8) is 0 Å². The van der Waals surface area contributed by atoms with Crippen molar-refractivity contribution in [3.8, 4) is 11.8 Å². The number of anilines is 1. The average Bonchev–Trinajstić information content (AvgIpc) is 2.75. The van der Waals surface area contributed by atoms with Crippen LogP contribution in [0.3, 0.4) is 0 Å². The molecule has 1 heterocycles. The largest absolute Gasteiger partial charge is 0.491 e. The fraction of sp³-hybridized carbons (Fsp3) is 0.417. The molecule has 1 atom stereocenters. The molecule has 5 heteroatoms. The Balaban J connectivity index is 1.89. The Morgan fingerprint density at radius 1 is 1.28 bits per heavy atom. The van der Waals surface area contributed by atoms with Crippen molar-refractivity contribution in [3.05, 3.63) is 59.2 Å². The third-order valence-corrected chi connectivity index (χ3v) is 5.62. The molecule has 0 unspecified atom stereocenters. The van der Waals surface area contributed by atoms with Gasteiger partial charge >= 0.3 is 0 Å². The first-order valence-electron chi connectivity index (χ1n) is 10.2. The van der Waals surface area contributed by atoms with Crippen LogP contribution < -0.4 is 10.1 Å². The normalized spacial score (nSPS) is 16.5. The van der Waals surface area contributed by atoms with Gasteiger partial charge in [-0.2, -0.15) is 5.26 Å². The fourth-order valence-corrected chi connectivity index (χ4v) is 3.67. The SMILES string of the molecule is CC[C@@H](C)Oc1ccc(NC(=O)C2(c3cccc(C)c3)CCOCC2)c(C#N)c1. The average molecular weight is 392 g/mol. The summed E-state index contributed by atoms with van der Waals surface area (Å²) < 4.78 is 11.3. The maximum Gasteiger partial charge on any atom is 0.235 e. The number of benzene rings is 2. The summed E-state index contributed by atoms with van der Waals surface area (Å²) in [7, 11) is 0. The molecule has 0 aromatic heterocycles. The number of nitriles is 1. The van der Waals surface area contributed by atoms with Gasteiger partial charge < -0.3 is 14.8 Å². The van der Waals surface area contributed by atoms with E-state index in [4.69, 9.17) is 9.47 Å². The number of hydrogen-bond acceptors (Lipinski definition) is 4. The van der Waals surface area contributed by atoms with Crippen molar-refractivity contribution >= 4 is 11.6 Å². The molecule has 2 aromatic rings. The van der Waals surface area contributed by atoms with Crippen LogP contribution in [0.15, 0.2) is 42.5 Å². The van der Waals surface area contributed by atoms with Gasteiger partial charge in [0.25, 0.3) is 0 Å². The van der Waals surface area contributed by atoms with Crippen LogP contribution in [-0.2, 0) is 14.9 Å². The van der Waals surface area contributed by atoms with E-state index in [9.17, 15) is 10.1 Å². The number of amides is 1. The summed E-state index contributed by atoms with van der Waals surface area (Å²) in [6.45, 7) is 7.13. The molecular formula is C24H28N2O3. The molecule has 29 heavy (non-hydrogen) atoms. The number of carbonyl (C=O) groups is 1. The zero-order valence-corrected chi connectivity index (χ0v) is 17.3. The highest BCUT2D eigenvalue weighted by Crippen LogP contribution is 2.37. The highest BCUT2D eigenvalue weighted by Gasteiger charge is 2.42. The van der Waals surface area contributed by atoms with Crippen LogP contribution in [0.1, 0.15) is 49.8 Å². The van der Waals surface area contributed by atoms with Crippen LogP contribution >= 0.6 is 0 Å². The number of nitrogens with one attached hydrogen (secondary N) is 1. The molecule has 1 aliphatic rings. The van der Waals surface area contributed by atoms with Gasteiger partial charge in [-0.1, -0.05) is 36.8 Å². The van der Waals surface area contributed by atoms with Gasteiger partial charge in [0, 0.05) is 19.3 Å². The first-order valence-corrected chi connectivity index (χ1v) is 10.2. The lowest BCUT2D eigenvalue weighted by Gasteiger charge is -2.36. The Hall–Kier alpha value is -2.84. The first kappa shape index (κ1) is 20.9. The Kier molecular flexibility index (Phi) is 6.56. The Labute approximate surface area is 172 Å². The second-order valence-electron chi connectivity index (χ2n) is 7.67. The summed E-state index contributed by atoms with van der Waals surface area (Å²) in [5, 5.41) is 12.6. The summed E-state index contributed by atoms with van der Waals surface area (Å²) in [5.74, 6) is 0.534. The summed E-state index contributed by atoms with van der Waals surface area (Å²) in [6.07, 6.45) is 2.16. The molecule has 0 aliphatic carbocycles. The molecule has 152 valence electrons. The lowest BCUT2D eigenvalue weighted by Crippen LogP contribution is -2.45. The van der Waals surface area contributed by atoms with E-state index in [2.05, 4.69) is 17.5 Å². The maximum absolute atomic E-state index is 13.5. The molecule has 3 rings (SSSR count). The number of carbonyl (C=O) groups excluding carboxylic acids is 1. The van der Waals surface area contributed by atoms with Gasteiger partial charge in [-0.05, 0) is 50.8 Å². The second-order valence-corrected chi connectivity index (χ2v) is 7.67. The summed E-state index contributed by atoms with van der Waals surface area (Å²) >= 11 is 0. The molecule has 2 aromatic carbocycles. The third-order valence-electron chi connectivity index (χ3n) is 5.62. The summed E-state index contributed by atoms with van der Waals surface area (Å²) in [6, 6.07) is 15.5. The Bertz CT molecular complexity index is 911.